The quantitative estimate of drug-likeness (QED) is 0.829. The minimum atomic E-state index is 0.646. The highest BCUT2D eigenvalue weighted by molar-refractivity contribution is 5.59. The summed E-state index contributed by atoms with van der Waals surface area (Å²) >= 11 is 0. The number of benzene rings is 1. The molecule has 1 aromatic carbocycles. The van der Waals surface area contributed by atoms with Crippen molar-refractivity contribution in [2.75, 3.05) is 6.54 Å². The molecule has 2 aromatic rings. The third-order valence-corrected chi connectivity index (χ3v) is 2.49. The molecule has 0 radical (unpaired) electrons. The number of hydrogen-bond acceptors (Lipinski definition) is 4. The van der Waals surface area contributed by atoms with Crippen LogP contribution in [0.2, 0.25) is 0 Å². The van der Waals surface area contributed by atoms with E-state index in [1.54, 1.807) is 4.68 Å². The minimum absolute atomic E-state index is 0.646. The van der Waals surface area contributed by atoms with Gasteiger partial charge in [-0.2, -0.15) is 0 Å². The molecule has 0 fully saturated rings. The normalized spacial score (nSPS) is 10.6. The molecule has 5 heteroatoms. The molecule has 0 aliphatic carbocycles. The van der Waals surface area contributed by atoms with E-state index in [1.165, 1.54) is 5.56 Å². The number of tetrazole rings is 1. The Hall–Kier alpha value is -1.75. The molecule has 0 unspecified atom stereocenters. The topological polar surface area (TPSA) is 69.6 Å². The Bertz CT molecular complexity index is 463. The summed E-state index contributed by atoms with van der Waals surface area (Å²) in [6.45, 7) is 3.46. The summed E-state index contributed by atoms with van der Waals surface area (Å²) in [5.74, 6) is 0.812. The zero-order valence-electron chi connectivity index (χ0n) is 9.30. The first-order chi connectivity index (χ1) is 7.83. The van der Waals surface area contributed by atoms with Crippen molar-refractivity contribution in [3.63, 3.8) is 0 Å². The predicted octanol–water partition coefficient (Wildman–Crippen LogP) is 0.997. The van der Waals surface area contributed by atoms with Crippen LogP contribution in [0.5, 0.6) is 0 Å². The van der Waals surface area contributed by atoms with E-state index in [-0.39, 0.29) is 0 Å². The first-order valence-corrected chi connectivity index (χ1v) is 5.35. The highest BCUT2D eigenvalue weighted by Crippen LogP contribution is 2.19. The van der Waals surface area contributed by atoms with Gasteiger partial charge in [-0.05, 0) is 35.9 Å². The van der Waals surface area contributed by atoms with Gasteiger partial charge in [0.15, 0.2) is 5.82 Å². The van der Waals surface area contributed by atoms with Gasteiger partial charge in [-0.3, -0.25) is 0 Å². The summed E-state index contributed by atoms with van der Waals surface area (Å²) in [4.78, 5) is 0. The highest BCUT2D eigenvalue weighted by atomic mass is 15.5. The van der Waals surface area contributed by atoms with Gasteiger partial charge in [0.1, 0.15) is 0 Å². The molecule has 0 aliphatic heterocycles. The molecule has 2 rings (SSSR count). The first-order valence-electron chi connectivity index (χ1n) is 5.35. The van der Waals surface area contributed by atoms with Crippen LogP contribution in [0, 0.1) is 6.92 Å². The summed E-state index contributed by atoms with van der Waals surface area (Å²) in [5, 5.41) is 11.7. The Morgan fingerprint density at radius 1 is 1.31 bits per heavy atom. The lowest BCUT2D eigenvalue weighted by molar-refractivity contribution is 0.568. The van der Waals surface area contributed by atoms with Crippen molar-refractivity contribution in [3.05, 3.63) is 29.8 Å². The lowest BCUT2D eigenvalue weighted by Crippen LogP contribution is -2.08. The van der Waals surface area contributed by atoms with Crippen LogP contribution in [0.4, 0.5) is 0 Å². The maximum absolute atomic E-state index is 5.48. The van der Waals surface area contributed by atoms with Gasteiger partial charge in [0.05, 0.1) is 0 Å². The van der Waals surface area contributed by atoms with Crippen LogP contribution >= 0.6 is 0 Å². The van der Waals surface area contributed by atoms with Crippen LogP contribution in [-0.2, 0) is 6.54 Å². The fourth-order valence-electron chi connectivity index (χ4n) is 1.61. The largest absolute Gasteiger partial charge is 0.330 e. The molecule has 0 atom stereocenters. The van der Waals surface area contributed by atoms with Crippen molar-refractivity contribution in [1.29, 1.82) is 0 Å². The van der Waals surface area contributed by atoms with Crippen LogP contribution in [0.3, 0.4) is 0 Å². The second-order valence-corrected chi connectivity index (χ2v) is 3.68. The third-order valence-electron chi connectivity index (χ3n) is 2.49. The molecule has 5 nitrogen and oxygen atoms in total. The Kier molecular flexibility index (Phi) is 3.26. The van der Waals surface area contributed by atoms with Gasteiger partial charge >= 0.3 is 0 Å². The van der Waals surface area contributed by atoms with E-state index in [2.05, 4.69) is 28.5 Å². The van der Waals surface area contributed by atoms with E-state index >= 15 is 0 Å². The molecule has 0 spiro atoms. The van der Waals surface area contributed by atoms with E-state index < -0.39 is 0 Å². The van der Waals surface area contributed by atoms with Crippen molar-refractivity contribution >= 4 is 0 Å². The summed E-state index contributed by atoms with van der Waals surface area (Å²) < 4.78 is 1.80. The van der Waals surface area contributed by atoms with Gasteiger partial charge in [0.25, 0.3) is 0 Å². The first kappa shape index (κ1) is 10.8. The number of nitrogens with zero attached hydrogens (tertiary/aromatic N) is 4. The number of aromatic nitrogens is 4. The molecule has 0 saturated heterocycles. The SMILES string of the molecule is Cc1ccccc1-c1nnnn1CCCN. The van der Waals surface area contributed by atoms with E-state index in [0.717, 1.165) is 24.4 Å². The Labute approximate surface area is 94.3 Å². The summed E-state index contributed by atoms with van der Waals surface area (Å²) in [6.07, 6.45) is 0.879. The number of rotatable bonds is 4. The molecule has 1 heterocycles. The van der Waals surface area contributed by atoms with Crippen LogP contribution in [0.15, 0.2) is 24.3 Å². The van der Waals surface area contributed by atoms with Crippen LogP contribution in [-0.4, -0.2) is 26.8 Å². The van der Waals surface area contributed by atoms with Gasteiger partial charge in [-0.1, -0.05) is 24.3 Å². The minimum Gasteiger partial charge on any atom is -0.330 e. The zero-order chi connectivity index (χ0) is 11.4. The Morgan fingerprint density at radius 2 is 2.12 bits per heavy atom. The molecule has 84 valence electrons. The molecule has 0 saturated carbocycles. The standard InChI is InChI=1S/C11H15N5/c1-9-5-2-3-6-10(9)11-13-14-15-16(11)8-4-7-12/h2-3,5-6H,4,7-8,12H2,1H3. The average molecular weight is 217 g/mol. The fraction of sp³-hybridized carbons (Fsp3) is 0.364. The van der Waals surface area contributed by atoms with Gasteiger partial charge in [0, 0.05) is 12.1 Å². The van der Waals surface area contributed by atoms with Crippen molar-refractivity contribution in [2.24, 2.45) is 5.73 Å². The van der Waals surface area contributed by atoms with Crippen molar-refractivity contribution in [3.8, 4) is 11.4 Å². The molecule has 0 aliphatic rings. The smallest absolute Gasteiger partial charge is 0.182 e. The molecule has 2 N–H and O–H groups in total. The highest BCUT2D eigenvalue weighted by Gasteiger charge is 2.09. The van der Waals surface area contributed by atoms with E-state index in [1.807, 2.05) is 18.2 Å². The Morgan fingerprint density at radius 3 is 2.88 bits per heavy atom. The van der Waals surface area contributed by atoms with Crippen LogP contribution < -0.4 is 5.73 Å². The lowest BCUT2D eigenvalue weighted by atomic mass is 10.1. The summed E-state index contributed by atoms with van der Waals surface area (Å²) in [6, 6.07) is 8.08. The maximum Gasteiger partial charge on any atom is 0.182 e. The van der Waals surface area contributed by atoms with E-state index in [4.69, 9.17) is 5.73 Å². The molecule has 1 aromatic heterocycles. The molecule has 16 heavy (non-hydrogen) atoms. The van der Waals surface area contributed by atoms with Crippen molar-refractivity contribution in [2.45, 2.75) is 19.9 Å². The lowest BCUT2D eigenvalue weighted by Gasteiger charge is -2.05. The van der Waals surface area contributed by atoms with E-state index in [9.17, 15) is 0 Å². The predicted molar refractivity (Wildman–Crippen MR) is 61.7 cm³/mol. The van der Waals surface area contributed by atoms with Crippen LogP contribution in [0.1, 0.15) is 12.0 Å². The number of hydrogen-bond donors (Lipinski definition) is 1. The van der Waals surface area contributed by atoms with Crippen molar-refractivity contribution < 1.29 is 0 Å². The van der Waals surface area contributed by atoms with Crippen molar-refractivity contribution in [1.82, 2.24) is 20.2 Å². The number of aryl methyl sites for hydroxylation is 2. The average Bonchev–Trinajstić information content (AvgIpc) is 2.75. The second-order valence-electron chi connectivity index (χ2n) is 3.68. The summed E-state index contributed by atoms with van der Waals surface area (Å²) in [5.41, 5.74) is 7.73. The van der Waals surface area contributed by atoms with Gasteiger partial charge in [-0.25, -0.2) is 4.68 Å². The van der Waals surface area contributed by atoms with Crippen LogP contribution in [0.25, 0.3) is 11.4 Å². The summed E-state index contributed by atoms with van der Waals surface area (Å²) in [7, 11) is 0. The van der Waals surface area contributed by atoms with Gasteiger partial charge in [-0.15, -0.1) is 5.10 Å². The maximum atomic E-state index is 5.48. The number of nitrogens with two attached hydrogens (primary N) is 1. The fourth-order valence-corrected chi connectivity index (χ4v) is 1.61. The molecular formula is C11H15N5. The molecule has 0 amide bonds. The third kappa shape index (κ3) is 2.09. The van der Waals surface area contributed by atoms with Gasteiger partial charge in [0.2, 0.25) is 0 Å². The monoisotopic (exact) mass is 217 g/mol. The second kappa shape index (κ2) is 4.85. The Balaban J connectivity index is 2.33. The van der Waals surface area contributed by atoms with Gasteiger partial charge < -0.3 is 5.73 Å². The molecule has 0 bridgehead atoms. The molecular weight excluding hydrogens is 202 g/mol. The van der Waals surface area contributed by atoms with E-state index in [0.29, 0.717) is 6.54 Å². The zero-order valence-corrected chi connectivity index (χ0v) is 9.30.